The molecule has 0 unspecified atom stereocenters. The minimum Gasteiger partial charge on any atom is -0.448 e. The molecule has 0 bridgehead atoms. The van der Waals surface area contributed by atoms with E-state index in [9.17, 15) is 14.4 Å². The molecule has 2 amide bonds. The van der Waals surface area contributed by atoms with Crippen LogP contribution in [0.1, 0.15) is 50.3 Å². The van der Waals surface area contributed by atoms with E-state index in [-0.39, 0.29) is 5.69 Å². The first kappa shape index (κ1) is 19.1. The maximum atomic E-state index is 12.5. The Bertz CT molecular complexity index is 1150. The number of hydrogen-bond donors (Lipinski definition) is 2. The summed E-state index contributed by atoms with van der Waals surface area (Å²) in [6.45, 7) is 3.37. The standard InChI is InChI=1S/C20H20N4O4S/c1-10-5-3-8-15-22-13(9-24(10)15)20(27)28-11(2)18(26)23-19-16(17(21)25)12-6-4-7-14(12)29-19/h3,5,8-9,11H,4,6-7H2,1-2H3,(H2,21,25)(H,23,26)/t11-/m0/s1. The number of nitrogens with zero attached hydrogens (tertiary/aromatic N) is 2. The molecule has 0 aliphatic heterocycles. The predicted octanol–water partition coefficient (Wildman–Crippen LogP) is 2.48. The Kier molecular flexibility index (Phi) is 4.83. The van der Waals surface area contributed by atoms with Crippen molar-refractivity contribution in [1.82, 2.24) is 9.38 Å². The SMILES string of the molecule is Cc1cccc2nc(C(=O)O[C@@H](C)C(=O)Nc3sc4c(c3C(N)=O)CCC4)cn12. The summed E-state index contributed by atoms with van der Waals surface area (Å²) < 4.78 is 7.05. The van der Waals surface area contributed by atoms with Gasteiger partial charge in [-0.05, 0) is 50.8 Å². The summed E-state index contributed by atoms with van der Waals surface area (Å²) in [5, 5.41) is 3.10. The monoisotopic (exact) mass is 412 g/mol. The fraction of sp³-hybridized carbons (Fsp3) is 0.300. The zero-order valence-electron chi connectivity index (χ0n) is 16.0. The number of carbonyl (C=O) groups is 3. The normalized spacial score (nSPS) is 13.9. The van der Waals surface area contributed by atoms with Gasteiger partial charge in [0.05, 0.1) is 5.56 Å². The Morgan fingerprint density at radius 3 is 2.83 bits per heavy atom. The lowest BCUT2D eigenvalue weighted by molar-refractivity contribution is -0.123. The molecule has 1 atom stereocenters. The Balaban J connectivity index is 1.48. The number of nitrogens with one attached hydrogen (secondary N) is 1. The molecule has 29 heavy (non-hydrogen) atoms. The number of imidazole rings is 1. The average molecular weight is 412 g/mol. The third-order valence-corrected chi connectivity index (χ3v) is 6.17. The zero-order valence-corrected chi connectivity index (χ0v) is 16.8. The second-order valence-electron chi connectivity index (χ2n) is 6.98. The van der Waals surface area contributed by atoms with Crippen molar-refractivity contribution in [2.75, 3.05) is 5.32 Å². The highest BCUT2D eigenvalue weighted by molar-refractivity contribution is 7.17. The highest BCUT2D eigenvalue weighted by Crippen LogP contribution is 2.38. The molecule has 3 N–H and O–H groups in total. The second-order valence-corrected chi connectivity index (χ2v) is 8.09. The zero-order chi connectivity index (χ0) is 20.7. The van der Waals surface area contributed by atoms with E-state index in [1.54, 1.807) is 16.7 Å². The number of fused-ring (bicyclic) bond motifs is 2. The first-order valence-electron chi connectivity index (χ1n) is 9.26. The summed E-state index contributed by atoms with van der Waals surface area (Å²) >= 11 is 1.35. The van der Waals surface area contributed by atoms with Crippen molar-refractivity contribution >= 4 is 39.8 Å². The third-order valence-electron chi connectivity index (χ3n) is 4.96. The van der Waals surface area contributed by atoms with Crippen LogP contribution in [0.15, 0.2) is 24.4 Å². The van der Waals surface area contributed by atoms with E-state index in [2.05, 4.69) is 10.3 Å². The number of aromatic nitrogens is 2. The van der Waals surface area contributed by atoms with Gasteiger partial charge in [-0.2, -0.15) is 0 Å². The smallest absolute Gasteiger partial charge is 0.359 e. The number of carbonyl (C=O) groups excluding carboxylic acids is 3. The first-order valence-corrected chi connectivity index (χ1v) is 10.1. The molecular weight excluding hydrogens is 392 g/mol. The largest absolute Gasteiger partial charge is 0.448 e. The lowest BCUT2D eigenvalue weighted by atomic mass is 10.1. The molecule has 0 saturated heterocycles. The molecule has 1 aliphatic rings. The fourth-order valence-electron chi connectivity index (χ4n) is 3.49. The van der Waals surface area contributed by atoms with Crippen molar-refractivity contribution in [2.24, 2.45) is 5.73 Å². The van der Waals surface area contributed by atoms with Gasteiger partial charge in [-0.25, -0.2) is 9.78 Å². The van der Waals surface area contributed by atoms with E-state index in [0.29, 0.717) is 16.2 Å². The predicted molar refractivity (Wildman–Crippen MR) is 108 cm³/mol. The molecule has 0 radical (unpaired) electrons. The maximum absolute atomic E-state index is 12.5. The van der Waals surface area contributed by atoms with Crippen LogP contribution in [-0.4, -0.2) is 33.3 Å². The second kappa shape index (κ2) is 7.32. The summed E-state index contributed by atoms with van der Waals surface area (Å²) in [6, 6.07) is 5.52. The van der Waals surface area contributed by atoms with E-state index in [1.807, 2.05) is 19.1 Å². The molecule has 8 nitrogen and oxygen atoms in total. The highest BCUT2D eigenvalue weighted by atomic mass is 32.1. The van der Waals surface area contributed by atoms with Crippen molar-refractivity contribution in [3.05, 3.63) is 51.8 Å². The average Bonchev–Trinajstić information content (AvgIpc) is 3.35. The number of primary amides is 1. The van der Waals surface area contributed by atoms with Crippen LogP contribution in [0.3, 0.4) is 0 Å². The molecule has 9 heteroatoms. The summed E-state index contributed by atoms with van der Waals surface area (Å²) in [6.07, 6.45) is 3.13. The molecule has 3 aromatic heterocycles. The number of aryl methyl sites for hydroxylation is 2. The van der Waals surface area contributed by atoms with E-state index in [1.165, 1.54) is 18.3 Å². The Morgan fingerprint density at radius 2 is 2.10 bits per heavy atom. The highest BCUT2D eigenvalue weighted by Gasteiger charge is 2.28. The fourth-order valence-corrected chi connectivity index (χ4v) is 4.79. The summed E-state index contributed by atoms with van der Waals surface area (Å²) in [7, 11) is 0. The van der Waals surface area contributed by atoms with Crippen LogP contribution in [0, 0.1) is 6.92 Å². The number of anilines is 1. The van der Waals surface area contributed by atoms with Gasteiger partial charge in [0.25, 0.3) is 11.8 Å². The number of pyridine rings is 1. The topological polar surface area (TPSA) is 116 Å². The number of amides is 2. The quantitative estimate of drug-likeness (QED) is 0.625. The summed E-state index contributed by atoms with van der Waals surface area (Å²) in [5.41, 5.74) is 8.45. The van der Waals surface area contributed by atoms with E-state index >= 15 is 0 Å². The molecule has 1 aliphatic carbocycles. The van der Waals surface area contributed by atoms with E-state index in [0.717, 1.165) is 35.4 Å². The molecule has 0 saturated carbocycles. The summed E-state index contributed by atoms with van der Waals surface area (Å²) in [5.74, 6) is -1.79. The van der Waals surface area contributed by atoms with Gasteiger partial charge in [-0.3, -0.25) is 9.59 Å². The lowest BCUT2D eigenvalue weighted by Crippen LogP contribution is -2.30. The van der Waals surface area contributed by atoms with Crippen molar-refractivity contribution in [3.63, 3.8) is 0 Å². The molecule has 150 valence electrons. The van der Waals surface area contributed by atoms with Gasteiger partial charge in [-0.1, -0.05) is 6.07 Å². The Hall–Kier alpha value is -3.20. The Morgan fingerprint density at radius 1 is 1.31 bits per heavy atom. The van der Waals surface area contributed by atoms with Gasteiger partial charge in [0.15, 0.2) is 11.8 Å². The van der Waals surface area contributed by atoms with Crippen LogP contribution in [0.5, 0.6) is 0 Å². The van der Waals surface area contributed by atoms with E-state index in [4.69, 9.17) is 10.5 Å². The summed E-state index contributed by atoms with van der Waals surface area (Å²) in [4.78, 5) is 42.1. The maximum Gasteiger partial charge on any atom is 0.359 e. The van der Waals surface area contributed by atoms with Crippen molar-refractivity contribution in [3.8, 4) is 0 Å². The molecule has 4 rings (SSSR count). The van der Waals surface area contributed by atoms with Gasteiger partial charge in [0.2, 0.25) is 0 Å². The van der Waals surface area contributed by atoms with Crippen molar-refractivity contribution in [1.29, 1.82) is 0 Å². The molecule has 0 aromatic carbocycles. The van der Waals surface area contributed by atoms with Crippen LogP contribution in [0.4, 0.5) is 5.00 Å². The van der Waals surface area contributed by atoms with Crippen LogP contribution < -0.4 is 11.1 Å². The van der Waals surface area contributed by atoms with Crippen LogP contribution in [0.25, 0.3) is 5.65 Å². The molecule has 3 heterocycles. The Labute approximate surface area is 170 Å². The minimum absolute atomic E-state index is 0.117. The number of hydrogen-bond acceptors (Lipinski definition) is 6. The molecule has 0 fully saturated rings. The van der Waals surface area contributed by atoms with Crippen molar-refractivity contribution < 1.29 is 19.1 Å². The van der Waals surface area contributed by atoms with Crippen LogP contribution in [-0.2, 0) is 22.4 Å². The van der Waals surface area contributed by atoms with Crippen molar-refractivity contribution in [2.45, 2.75) is 39.2 Å². The van der Waals surface area contributed by atoms with E-state index < -0.39 is 23.9 Å². The number of thiophene rings is 1. The number of rotatable bonds is 5. The van der Waals surface area contributed by atoms with Gasteiger partial charge < -0.3 is 20.2 Å². The minimum atomic E-state index is -1.06. The van der Waals surface area contributed by atoms with Gasteiger partial charge in [-0.15, -0.1) is 11.3 Å². The molecule has 3 aromatic rings. The number of esters is 1. The van der Waals surface area contributed by atoms with Crippen LogP contribution in [0.2, 0.25) is 0 Å². The first-order chi connectivity index (χ1) is 13.8. The van der Waals surface area contributed by atoms with Gasteiger partial charge >= 0.3 is 5.97 Å². The molecular formula is C20H20N4O4S. The lowest BCUT2D eigenvalue weighted by Gasteiger charge is -2.12. The number of ether oxygens (including phenoxy) is 1. The third kappa shape index (κ3) is 3.49. The van der Waals surface area contributed by atoms with Crippen LogP contribution >= 0.6 is 11.3 Å². The molecule has 0 spiro atoms. The van der Waals surface area contributed by atoms with Gasteiger partial charge in [0, 0.05) is 16.8 Å². The number of nitrogens with two attached hydrogens (primary N) is 1. The van der Waals surface area contributed by atoms with Gasteiger partial charge in [0.1, 0.15) is 10.6 Å².